The van der Waals surface area contributed by atoms with Crippen LogP contribution in [-0.2, 0) is 0 Å². The van der Waals surface area contributed by atoms with Gasteiger partial charge in [0.1, 0.15) is 5.67 Å². The molecule has 0 saturated heterocycles. The van der Waals surface area contributed by atoms with Gasteiger partial charge in [-0.25, -0.2) is 4.39 Å². The zero-order valence-electron chi connectivity index (χ0n) is 6.24. The first kappa shape index (κ1) is 8.08. The van der Waals surface area contributed by atoms with E-state index in [1.54, 1.807) is 6.08 Å². The Morgan fingerprint density at radius 2 is 2.00 bits per heavy atom. The molecule has 1 saturated carbocycles. The fourth-order valence-corrected chi connectivity index (χ4v) is 2.16. The largest absolute Gasteiger partial charge is 0.395 e. The summed E-state index contributed by atoms with van der Waals surface area (Å²) in [7, 11) is 0. The smallest absolute Gasteiger partial charge is 0.239 e. The second kappa shape index (κ2) is 2.03. The van der Waals surface area contributed by atoms with E-state index in [1.165, 1.54) is 0 Å². The number of rotatable bonds is 0. The summed E-state index contributed by atoms with van der Waals surface area (Å²) in [5.41, 5.74) is -2.09. The van der Waals surface area contributed by atoms with Crippen molar-refractivity contribution in [3.05, 3.63) is 12.2 Å². The fourth-order valence-electron chi connectivity index (χ4n) is 2.16. The van der Waals surface area contributed by atoms with Crippen LogP contribution >= 0.6 is 0 Å². The standard InChI is InChI=1S/C8H8F4/c9-7-2-1-5(4-7)3-6(7)8(10,11)12/h1-2,5-6H,3-4H2. The van der Waals surface area contributed by atoms with E-state index in [1.807, 2.05) is 0 Å². The molecule has 3 atom stereocenters. The van der Waals surface area contributed by atoms with Gasteiger partial charge in [-0.3, -0.25) is 0 Å². The molecule has 68 valence electrons. The number of allylic oxidation sites excluding steroid dienone is 2. The average Bonchev–Trinajstić information content (AvgIpc) is 2.39. The molecule has 0 amide bonds. The number of halogens is 4. The zero-order chi connectivity index (χ0) is 8.98. The number of alkyl halides is 4. The summed E-state index contributed by atoms with van der Waals surface area (Å²) in [5.74, 6) is -1.96. The highest BCUT2D eigenvalue weighted by Gasteiger charge is 2.60. The van der Waals surface area contributed by atoms with Crippen molar-refractivity contribution in [2.75, 3.05) is 0 Å². The minimum absolute atomic E-state index is 0.0250. The maximum atomic E-state index is 13.4. The van der Waals surface area contributed by atoms with Gasteiger partial charge in [0.2, 0.25) is 0 Å². The molecule has 2 aliphatic carbocycles. The lowest BCUT2D eigenvalue weighted by Gasteiger charge is -2.26. The van der Waals surface area contributed by atoms with E-state index >= 15 is 0 Å². The Balaban J connectivity index is 2.27. The van der Waals surface area contributed by atoms with Gasteiger partial charge in [0.05, 0.1) is 5.92 Å². The van der Waals surface area contributed by atoms with Gasteiger partial charge in [0.15, 0.2) is 0 Å². The molecular formula is C8H8F4. The highest BCUT2D eigenvalue weighted by molar-refractivity contribution is 5.21. The Bertz CT molecular complexity index is 230. The number of hydrogen-bond acceptors (Lipinski definition) is 0. The molecule has 3 unspecified atom stereocenters. The maximum absolute atomic E-state index is 13.4. The summed E-state index contributed by atoms with van der Waals surface area (Å²) in [6.45, 7) is 0. The molecule has 0 N–H and O–H groups in total. The van der Waals surface area contributed by atoms with Crippen LogP contribution in [0.25, 0.3) is 0 Å². The van der Waals surface area contributed by atoms with Crippen LogP contribution in [0.2, 0.25) is 0 Å². The molecule has 1 fully saturated rings. The fraction of sp³-hybridized carbons (Fsp3) is 0.750. The van der Waals surface area contributed by atoms with Crippen LogP contribution < -0.4 is 0 Å². The van der Waals surface area contributed by atoms with Crippen molar-refractivity contribution >= 4 is 0 Å². The van der Waals surface area contributed by atoms with Gasteiger partial charge in [-0.15, -0.1) is 0 Å². The van der Waals surface area contributed by atoms with Gasteiger partial charge in [-0.1, -0.05) is 12.2 Å². The molecule has 2 bridgehead atoms. The van der Waals surface area contributed by atoms with Gasteiger partial charge >= 0.3 is 6.18 Å². The van der Waals surface area contributed by atoms with Crippen LogP contribution in [-0.4, -0.2) is 11.8 Å². The van der Waals surface area contributed by atoms with Crippen LogP contribution in [0.1, 0.15) is 12.8 Å². The third kappa shape index (κ3) is 0.967. The van der Waals surface area contributed by atoms with Crippen molar-refractivity contribution in [1.29, 1.82) is 0 Å². The van der Waals surface area contributed by atoms with E-state index in [0.717, 1.165) is 6.08 Å². The highest BCUT2D eigenvalue weighted by atomic mass is 19.4. The lowest BCUT2D eigenvalue weighted by atomic mass is 9.90. The molecule has 0 aromatic rings. The van der Waals surface area contributed by atoms with Crippen LogP contribution in [0.4, 0.5) is 17.6 Å². The molecule has 12 heavy (non-hydrogen) atoms. The maximum Gasteiger partial charge on any atom is 0.395 e. The van der Waals surface area contributed by atoms with E-state index in [4.69, 9.17) is 0 Å². The second-order valence-electron chi connectivity index (χ2n) is 3.58. The molecule has 0 aromatic carbocycles. The number of hydrogen-bond donors (Lipinski definition) is 0. The topological polar surface area (TPSA) is 0 Å². The Hall–Kier alpha value is -0.540. The van der Waals surface area contributed by atoms with Crippen molar-refractivity contribution < 1.29 is 17.6 Å². The Labute approximate surface area is 67.3 Å². The summed E-state index contributed by atoms with van der Waals surface area (Å²) >= 11 is 0. The van der Waals surface area contributed by atoms with E-state index in [2.05, 4.69) is 0 Å². The zero-order valence-corrected chi connectivity index (χ0v) is 6.24. The predicted octanol–water partition coefficient (Wildman–Crippen LogP) is 2.85. The van der Waals surface area contributed by atoms with E-state index < -0.39 is 17.8 Å². The van der Waals surface area contributed by atoms with Crippen LogP contribution in [0.15, 0.2) is 12.2 Å². The third-order valence-electron chi connectivity index (χ3n) is 2.73. The van der Waals surface area contributed by atoms with E-state index in [0.29, 0.717) is 0 Å². The lowest BCUT2D eigenvalue weighted by molar-refractivity contribution is -0.196. The van der Waals surface area contributed by atoms with Gasteiger partial charge in [-0.2, -0.15) is 13.2 Å². The first-order valence-corrected chi connectivity index (χ1v) is 3.87. The summed E-state index contributed by atoms with van der Waals surface area (Å²) in [4.78, 5) is 0. The van der Waals surface area contributed by atoms with Gasteiger partial charge in [-0.05, 0) is 18.8 Å². The quantitative estimate of drug-likeness (QED) is 0.397. The molecule has 0 aliphatic heterocycles. The molecule has 2 aliphatic rings. The minimum atomic E-state index is -4.38. The highest BCUT2D eigenvalue weighted by Crippen LogP contribution is 2.55. The second-order valence-corrected chi connectivity index (χ2v) is 3.58. The monoisotopic (exact) mass is 180 g/mol. The van der Waals surface area contributed by atoms with Crippen LogP contribution in [0.3, 0.4) is 0 Å². The lowest BCUT2D eigenvalue weighted by Crippen LogP contribution is -2.36. The summed E-state index contributed by atoms with van der Waals surface area (Å²) in [6, 6.07) is 0. The molecule has 4 heteroatoms. The van der Waals surface area contributed by atoms with Crippen molar-refractivity contribution in [3.63, 3.8) is 0 Å². The van der Waals surface area contributed by atoms with Crippen molar-refractivity contribution in [2.45, 2.75) is 24.7 Å². The summed E-state index contributed by atoms with van der Waals surface area (Å²) < 4.78 is 50.0. The Kier molecular flexibility index (Phi) is 1.37. The Morgan fingerprint density at radius 1 is 1.33 bits per heavy atom. The number of fused-ring (bicyclic) bond motifs is 2. The molecule has 0 radical (unpaired) electrons. The molecule has 0 heterocycles. The van der Waals surface area contributed by atoms with E-state index in [9.17, 15) is 17.6 Å². The van der Waals surface area contributed by atoms with Crippen LogP contribution in [0, 0.1) is 11.8 Å². The predicted molar refractivity (Wildman–Crippen MR) is 35.2 cm³/mol. The molecule has 2 rings (SSSR count). The summed E-state index contributed by atoms with van der Waals surface area (Å²) in [6.07, 6.45) is -1.79. The summed E-state index contributed by atoms with van der Waals surface area (Å²) in [5, 5.41) is 0. The van der Waals surface area contributed by atoms with Gasteiger partial charge in [0, 0.05) is 0 Å². The third-order valence-corrected chi connectivity index (χ3v) is 2.73. The molecule has 0 aromatic heterocycles. The first-order chi connectivity index (χ1) is 5.42. The van der Waals surface area contributed by atoms with Gasteiger partial charge < -0.3 is 0 Å². The minimum Gasteiger partial charge on any atom is -0.239 e. The van der Waals surface area contributed by atoms with Gasteiger partial charge in [0.25, 0.3) is 0 Å². The van der Waals surface area contributed by atoms with Crippen molar-refractivity contribution in [2.24, 2.45) is 11.8 Å². The van der Waals surface area contributed by atoms with E-state index in [-0.39, 0.29) is 18.8 Å². The molecular weight excluding hydrogens is 172 g/mol. The first-order valence-electron chi connectivity index (χ1n) is 3.87. The van der Waals surface area contributed by atoms with Crippen molar-refractivity contribution in [3.8, 4) is 0 Å². The SMILES string of the molecule is FC(F)(F)C1CC2C=CC1(F)C2. The van der Waals surface area contributed by atoms with Crippen molar-refractivity contribution in [1.82, 2.24) is 0 Å². The molecule has 0 spiro atoms. The molecule has 0 nitrogen and oxygen atoms in total. The normalized spacial score (nSPS) is 45.7. The average molecular weight is 180 g/mol. The Morgan fingerprint density at radius 3 is 2.25 bits per heavy atom. The van der Waals surface area contributed by atoms with Crippen LogP contribution in [0.5, 0.6) is 0 Å².